The van der Waals surface area contributed by atoms with Crippen LogP contribution in [0.3, 0.4) is 0 Å². The van der Waals surface area contributed by atoms with Crippen molar-refractivity contribution in [1.82, 2.24) is 14.9 Å². The molecule has 1 aromatic rings. The van der Waals surface area contributed by atoms with Crippen LogP contribution in [0.25, 0.3) is 0 Å². The van der Waals surface area contributed by atoms with Gasteiger partial charge in [-0.05, 0) is 6.07 Å². The van der Waals surface area contributed by atoms with Crippen LogP contribution in [0.1, 0.15) is 0 Å². The van der Waals surface area contributed by atoms with Gasteiger partial charge in [0.2, 0.25) is 0 Å². The predicted octanol–water partition coefficient (Wildman–Crippen LogP) is -0.0582. The van der Waals surface area contributed by atoms with Gasteiger partial charge >= 0.3 is 0 Å². The van der Waals surface area contributed by atoms with E-state index in [0.717, 1.165) is 0 Å². The Morgan fingerprint density at radius 1 is 1.73 bits per heavy atom. The molecule has 1 atom stereocenters. The lowest BCUT2D eigenvalue weighted by Gasteiger charge is -2.13. The molecular formula is C7H12ClN3O3S. The number of sulfonamides is 1. The second kappa shape index (κ2) is 5.45. The maximum atomic E-state index is 11.6. The molecule has 1 rings (SSSR count). The Morgan fingerprint density at radius 3 is 2.93 bits per heavy atom. The highest BCUT2D eigenvalue weighted by molar-refractivity contribution is 7.89. The van der Waals surface area contributed by atoms with Crippen LogP contribution in [0.2, 0.25) is 0 Å². The van der Waals surface area contributed by atoms with Crippen LogP contribution in [-0.4, -0.2) is 44.3 Å². The zero-order chi connectivity index (χ0) is 11.3. The molecule has 2 N–H and O–H groups in total. The minimum atomic E-state index is -3.58. The Labute approximate surface area is 93.0 Å². The van der Waals surface area contributed by atoms with E-state index in [0.29, 0.717) is 0 Å². The molecule has 0 aliphatic carbocycles. The molecule has 0 aromatic carbocycles. The van der Waals surface area contributed by atoms with Gasteiger partial charge < -0.3 is 4.74 Å². The summed E-state index contributed by atoms with van der Waals surface area (Å²) in [4.78, 5) is 0. The summed E-state index contributed by atoms with van der Waals surface area (Å²) in [6.07, 6.45) is 1.36. The van der Waals surface area contributed by atoms with Crippen molar-refractivity contribution < 1.29 is 13.2 Å². The van der Waals surface area contributed by atoms with Crippen LogP contribution < -0.4 is 4.72 Å². The summed E-state index contributed by atoms with van der Waals surface area (Å²) in [5.74, 6) is 0.140. The van der Waals surface area contributed by atoms with Crippen LogP contribution in [0.4, 0.5) is 0 Å². The van der Waals surface area contributed by atoms with Crippen molar-refractivity contribution in [3.05, 3.63) is 12.3 Å². The highest BCUT2D eigenvalue weighted by Crippen LogP contribution is 2.04. The molecule has 0 fully saturated rings. The zero-order valence-corrected chi connectivity index (χ0v) is 9.68. The smallest absolute Gasteiger partial charge is 0.257 e. The van der Waals surface area contributed by atoms with Gasteiger partial charge in [-0.3, -0.25) is 5.10 Å². The Morgan fingerprint density at radius 2 is 2.47 bits per heavy atom. The number of hydrogen-bond acceptors (Lipinski definition) is 4. The van der Waals surface area contributed by atoms with Crippen molar-refractivity contribution in [2.45, 2.75) is 11.1 Å². The third kappa shape index (κ3) is 3.45. The second-order valence-corrected chi connectivity index (χ2v) is 4.84. The molecule has 0 bridgehead atoms. The summed E-state index contributed by atoms with van der Waals surface area (Å²) in [7, 11) is -2.11. The van der Waals surface area contributed by atoms with E-state index < -0.39 is 16.1 Å². The molecule has 6 nitrogen and oxygen atoms in total. The number of methoxy groups -OCH3 is 1. The van der Waals surface area contributed by atoms with Gasteiger partial charge in [0.15, 0.2) is 5.03 Å². The second-order valence-electron chi connectivity index (χ2n) is 2.85. The molecular weight excluding hydrogens is 242 g/mol. The molecule has 0 amide bonds. The van der Waals surface area contributed by atoms with Gasteiger partial charge in [0.1, 0.15) is 0 Å². The molecule has 8 heteroatoms. The number of ether oxygens (including phenoxy) is 1. The molecule has 86 valence electrons. The maximum absolute atomic E-state index is 11.6. The molecule has 15 heavy (non-hydrogen) atoms. The van der Waals surface area contributed by atoms with Crippen LogP contribution in [0.5, 0.6) is 0 Å². The number of rotatable bonds is 6. The number of aromatic nitrogens is 2. The Hall–Kier alpha value is -0.630. The predicted molar refractivity (Wildman–Crippen MR) is 55.3 cm³/mol. The first-order chi connectivity index (χ1) is 7.10. The van der Waals surface area contributed by atoms with Gasteiger partial charge in [-0.1, -0.05) is 0 Å². The van der Waals surface area contributed by atoms with E-state index in [-0.39, 0.29) is 17.5 Å². The number of nitrogens with zero attached hydrogens (tertiary/aromatic N) is 1. The quantitative estimate of drug-likeness (QED) is 0.696. The Bertz CT molecular complexity index is 378. The number of aromatic amines is 1. The first kappa shape index (κ1) is 12.4. The van der Waals surface area contributed by atoms with E-state index in [9.17, 15) is 8.42 Å². The maximum Gasteiger partial charge on any atom is 0.257 e. The molecule has 0 aliphatic heterocycles. The summed E-state index contributed by atoms with van der Waals surface area (Å²) in [5.41, 5.74) is 0. The van der Waals surface area contributed by atoms with Crippen molar-refractivity contribution in [2.75, 3.05) is 19.6 Å². The highest BCUT2D eigenvalue weighted by Gasteiger charge is 2.20. The zero-order valence-electron chi connectivity index (χ0n) is 8.10. The molecule has 0 aliphatic rings. The summed E-state index contributed by atoms with van der Waals surface area (Å²) < 4.78 is 30.5. The summed E-state index contributed by atoms with van der Waals surface area (Å²) in [5, 5.41) is 5.93. The van der Waals surface area contributed by atoms with Gasteiger partial charge in [0, 0.05) is 13.0 Å². The Balaban J connectivity index is 2.72. The number of hydrogen-bond donors (Lipinski definition) is 2. The monoisotopic (exact) mass is 253 g/mol. The molecule has 0 radical (unpaired) electrons. The third-order valence-electron chi connectivity index (χ3n) is 1.64. The summed E-state index contributed by atoms with van der Waals surface area (Å²) in [6, 6.07) is 0.908. The Kier molecular flexibility index (Phi) is 4.52. The van der Waals surface area contributed by atoms with E-state index in [1.807, 2.05) is 0 Å². The van der Waals surface area contributed by atoms with Gasteiger partial charge in [-0.2, -0.15) is 5.10 Å². The van der Waals surface area contributed by atoms with Crippen LogP contribution in [-0.2, 0) is 14.8 Å². The van der Waals surface area contributed by atoms with Crippen LogP contribution in [0, 0.1) is 0 Å². The lowest BCUT2D eigenvalue weighted by Crippen LogP contribution is -2.39. The third-order valence-corrected chi connectivity index (χ3v) is 3.46. The van der Waals surface area contributed by atoms with Gasteiger partial charge in [-0.25, -0.2) is 13.1 Å². The first-order valence-corrected chi connectivity index (χ1v) is 6.18. The first-order valence-electron chi connectivity index (χ1n) is 4.16. The highest BCUT2D eigenvalue weighted by atomic mass is 35.5. The van der Waals surface area contributed by atoms with Crippen molar-refractivity contribution in [2.24, 2.45) is 0 Å². The average Bonchev–Trinajstić information content (AvgIpc) is 2.70. The van der Waals surface area contributed by atoms with Gasteiger partial charge in [0.25, 0.3) is 10.0 Å². The normalized spacial score (nSPS) is 14.0. The van der Waals surface area contributed by atoms with E-state index >= 15 is 0 Å². The van der Waals surface area contributed by atoms with E-state index in [2.05, 4.69) is 14.9 Å². The lowest BCUT2D eigenvalue weighted by atomic mass is 10.4. The fourth-order valence-corrected chi connectivity index (χ4v) is 2.37. The largest absolute Gasteiger partial charge is 0.383 e. The molecule has 1 heterocycles. The summed E-state index contributed by atoms with van der Waals surface area (Å²) in [6.45, 7) is 0.219. The van der Waals surface area contributed by atoms with E-state index in [4.69, 9.17) is 16.3 Å². The number of H-pyrrole nitrogens is 1. The van der Waals surface area contributed by atoms with Crippen molar-refractivity contribution in [1.29, 1.82) is 0 Å². The molecule has 1 aromatic heterocycles. The van der Waals surface area contributed by atoms with Gasteiger partial charge in [0.05, 0.1) is 18.8 Å². The molecule has 0 saturated carbocycles. The van der Waals surface area contributed by atoms with E-state index in [1.54, 1.807) is 0 Å². The molecule has 0 saturated heterocycles. The standard InChI is InChI=1S/C7H12ClN3O3S/c1-14-5-6(4-8)11-15(12,13)7-2-3-9-10-7/h2-3,6,11H,4-5H2,1H3,(H,9,10). The molecule has 1 unspecified atom stereocenters. The topological polar surface area (TPSA) is 84.1 Å². The van der Waals surface area contributed by atoms with Crippen molar-refractivity contribution in [3.63, 3.8) is 0 Å². The minimum absolute atomic E-state index is 0.00807. The van der Waals surface area contributed by atoms with Gasteiger partial charge in [-0.15, -0.1) is 11.6 Å². The van der Waals surface area contributed by atoms with Crippen molar-refractivity contribution in [3.8, 4) is 0 Å². The van der Waals surface area contributed by atoms with Crippen LogP contribution >= 0.6 is 11.6 Å². The fourth-order valence-electron chi connectivity index (χ4n) is 0.987. The average molecular weight is 254 g/mol. The number of nitrogens with one attached hydrogen (secondary N) is 2. The SMILES string of the molecule is COCC(CCl)NS(=O)(=O)c1ccn[nH]1. The molecule has 0 spiro atoms. The van der Waals surface area contributed by atoms with Crippen molar-refractivity contribution >= 4 is 21.6 Å². The fraction of sp³-hybridized carbons (Fsp3) is 0.571. The number of alkyl halides is 1. The summed E-state index contributed by atoms with van der Waals surface area (Å²) >= 11 is 5.58. The lowest BCUT2D eigenvalue weighted by molar-refractivity contribution is 0.181. The van der Waals surface area contributed by atoms with Crippen LogP contribution in [0.15, 0.2) is 17.3 Å². The minimum Gasteiger partial charge on any atom is -0.383 e. The number of halogens is 1. The van der Waals surface area contributed by atoms with E-state index in [1.165, 1.54) is 19.4 Å².